The maximum absolute atomic E-state index is 14.8. The van der Waals surface area contributed by atoms with Crippen LogP contribution in [-0.2, 0) is 14.2 Å². The van der Waals surface area contributed by atoms with Crippen LogP contribution in [0.15, 0.2) is 48.5 Å². The van der Waals surface area contributed by atoms with Crippen LogP contribution in [0.4, 0.5) is 13.2 Å². The first-order chi connectivity index (χ1) is 17.9. The van der Waals surface area contributed by atoms with Crippen molar-refractivity contribution in [2.24, 2.45) is 5.92 Å². The van der Waals surface area contributed by atoms with Crippen molar-refractivity contribution in [3.63, 3.8) is 0 Å². The Balaban J connectivity index is 1.46. The number of ether oxygens (including phenoxy) is 3. The number of benzene rings is 3. The molecule has 1 atom stereocenters. The maximum Gasteiger partial charge on any atom is 0.183 e. The summed E-state index contributed by atoms with van der Waals surface area (Å²) in [7, 11) is 2.66. The normalized spacial score (nSPS) is 17.1. The van der Waals surface area contributed by atoms with E-state index in [2.05, 4.69) is 21.1 Å². The Morgan fingerprint density at radius 2 is 1.70 bits per heavy atom. The summed E-state index contributed by atoms with van der Waals surface area (Å²) in [6.45, 7) is 4.55. The maximum atomic E-state index is 14.8. The van der Waals surface area contributed by atoms with Gasteiger partial charge in [0, 0.05) is 30.3 Å². The van der Waals surface area contributed by atoms with Gasteiger partial charge in [-0.25, -0.2) is 13.2 Å². The van der Waals surface area contributed by atoms with Gasteiger partial charge in [0.1, 0.15) is 29.1 Å². The summed E-state index contributed by atoms with van der Waals surface area (Å²) in [6, 6.07) is 13.7. The summed E-state index contributed by atoms with van der Waals surface area (Å²) in [6.07, 6.45) is 0.435. The zero-order valence-electron chi connectivity index (χ0n) is 20.2. The summed E-state index contributed by atoms with van der Waals surface area (Å²) in [5.74, 6) is 2.87. The highest BCUT2D eigenvalue weighted by molar-refractivity contribution is 7.28. The molecule has 190 valence electrons. The lowest BCUT2D eigenvalue weighted by Gasteiger charge is -2.30. The molecule has 1 fully saturated rings. The van der Waals surface area contributed by atoms with Gasteiger partial charge >= 0.3 is 0 Å². The Kier molecular flexibility index (Phi) is 8.98. The molecule has 0 amide bonds. The minimum absolute atomic E-state index is 0.00748. The molecule has 4 rings (SSSR count). The van der Waals surface area contributed by atoms with Crippen LogP contribution in [-0.4, -0.2) is 26.4 Å². The van der Waals surface area contributed by atoms with Crippen molar-refractivity contribution in [3.05, 3.63) is 88.2 Å². The van der Waals surface area contributed by atoms with Crippen LogP contribution in [0.2, 0.25) is 0 Å². The van der Waals surface area contributed by atoms with Crippen molar-refractivity contribution in [3.8, 4) is 29.0 Å². The molecule has 1 aliphatic heterocycles. The monoisotopic (exact) mass is 523 g/mol. The molecule has 0 aromatic heterocycles. The highest BCUT2D eigenvalue weighted by Gasteiger charge is 2.24. The zero-order valence-corrected chi connectivity index (χ0v) is 21.3. The van der Waals surface area contributed by atoms with E-state index in [1.807, 2.05) is 25.1 Å². The van der Waals surface area contributed by atoms with E-state index in [1.54, 1.807) is 6.07 Å². The molecule has 3 aromatic carbocycles. The molecule has 1 aliphatic rings. The third-order valence-electron chi connectivity index (χ3n) is 5.96. The topological polar surface area (TPSA) is 51.5 Å². The summed E-state index contributed by atoms with van der Waals surface area (Å²) >= 11 is 0. The standard InChI is InChI=1S/C29H25F3NO3P/c1-2-34-10-9-19-16-35-29(36-17-19)22-7-8-23(28(37)14-22)21-6-5-20(25(30)13-21)4-3-18-11-26(31)24(15-33)27(32)12-18/h5-8,11-14,19,29H,2,9-10,16-17,37H2,1H3. The molecular formula is C29H25F3NO3P. The molecule has 1 unspecified atom stereocenters. The van der Waals surface area contributed by atoms with E-state index >= 15 is 0 Å². The van der Waals surface area contributed by atoms with E-state index in [0.29, 0.717) is 37.9 Å². The molecule has 0 aliphatic carbocycles. The van der Waals surface area contributed by atoms with Crippen molar-refractivity contribution in [1.29, 1.82) is 5.26 Å². The molecule has 0 radical (unpaired) electrons. The van der Waals surface area contributed by atoms with Crippen LogP contribution in [0.1, 0.15) is 41.9 Å². The number of nitriles is 1. The summed E-state index contributed by atoms with van der Waals surface area (Å²) in [4.78, 5) is 0. The highest BCUT2D eigenvalue weighted by atomic mass is 31.0. The highest BCUT2D eigenvalue weighted by Crippen LogP contribution is 2.29. The van der Waals surface area contributed by atoms with Crippen molar-refractivity contribution in [1.82, 2.24) is 0 Å². The molecule has 3 aromatic rings. The average Bonchev–Trinajstić information content (AvgIpc) is 2.88. The second kappa shape index (κ2) is 12.4. The minimum Gasteiger partial charge on any atom is -0.382 e. The van der Waals surface area contributed by atoms with Crippen LogP contribution in [0.5, 0.6) is 0 Å². The lowest BCUT2D eigenvalue weighted by Crippen LogP contribution is -2.28. The van der Waals surface area contributed by atoms with E-state index in [0.717, 1.165) is 35.0 Å². The van der Waals surface area contributed by atoms with Gasteiger partial charge < -0.3 is 14.2 Å². The van der Waals surface area contributed by atoms with Gasteiger partial charge in [0.05, 0.1) is 18.8 Å². The third kappa shape index (κ3) is 6.58. The number of halogens is 3. The Morgan fingerprint density at radius 1 is 0.973 bits per heavy atom. The molecule has 4 nitrogen and oxygen atoms in total. The first kappa shape index (κ1) is 26.9. The van der Waals surface area contributed by atoms with Gasteiger partial charge in [-0.2, -0.15) is 5.26 Å². The Labute approximate surface area is 216 Å². The predicted octanol–water partition coefficient (Wildman–Crippen LogP) is 5.63. The minimum atomic E-state index is -1.01. The van der Waals surface area contributed by atoms with Crippen LogP contribution in [0.25, 0.3) is 11.1 Å². The molecule has 1 heterocycles. The number of hydrogen-bond donors (Lipinski definition) is 0. The molecule has 0 bridgehead atoms. The SMILES string of the molecule is CCOCCC1COC(c2ccc(-c3ccc(C#Cc4cc(F)c(C#N)c(F)c4)c(F)c3)c(P)c2)OC1. The second-order valence-corrected chi connectivity index (χ2v) is 9.19. The van der Waals surface area contributed by atoms with Gasteiger partial charge in [-0.3, -0.25) is 0 Å². The Hall–Kier alpha value is -3.19. The van der Waals surface area contributed by atoms with E-state index in [-0.39, 0.29) is 11.1 Å². The Morgan fingerprint density at radius 3 is 2.32 bits per heavy atom. The molecular weight excluding hydrogens is 498 g/mol. The van der Waals surface area contributed by atoms with Gasteiger partial charge in [0.2, 0.25) is 0 Å². The van der Waals surface area contributed by atoms with Crippen molar-refractivity contribution < 1.29 is 27.4 Å². The van der Waals surface area contributed by atoms with E-state index in [1.165, 1.54) is 18.2 Å². The van der Waals surface area contributed by atoms with Gasteiger partial charge in [0.15, 0.2) is 6.29 Å². The van der Waals surface area contributed by atoms with Crippen LogP contribution in [0.3, 0.4) is 0 Å². The van der Waals surface area contributed by atoms with Gasteiger partial charge in [-0.15, -0.1) is 9.24 Å². The molecule has 0 spiro atoms. The quantitative estimate of drug-likeness (QED) is 0.239. The van der Waals surface area contributed by atoms with Gasteiger partial charge in [0.25, 0.3) is 0 Å². The molecule has 37 heavy (non-hydrogen) atoms. The van der Waals surface area contributed by atoms with Crippen molar-refractivity contribution >= 4 is 14.5 Å². The molecule has 0 N–H and O–H groups in total. The van der Waals surface area contributed by atoms with Gasteiger partial charge in [-0.1, -0.05) is 30.0 Å². The molecule has 1 saturated heterocycles. The van der Waals surface area contributed by atoms with Crippen molar-refractivity contribution in [2.75, 3.05) is 26.4 Å². The molecule has 8 heteroatoms. The van der Waals surface area contributed by atoms with E-state index in [4.69, 9.17) is 19.5 Å². The fourth-order valence-corrected chi connectivity index (χ4v) is 4.42. The largest absolute Gasteiger partial charge is 0.382 e. The van der Waals surface area contributed by atoms with Crippen LogP contribution < -0.4 is 5.30 Å². The fraction of sp³-hybridized carbons (Fsp3) is 0.276. The first-order valence-corrected chi connectivity index (χ1v) is 12.4. The van der Waals surface area contributed by atoms with E-state index in [9.17, 15) is 13.2 Å². The summed E-state index contributed by atoms with van der Waals surface area (Å²) in [5.41, 5.74) is 1.75. The lowest BCUT2D eigenvalue weighted by molar-refractivity contribution is -0.207. The average molecular weight is 523 g/mol. The van der Waals surface area contributed by atoms with Gasteiger partial charge in [-0.05, 0) is 60.1 Å². The number of hydrogen-bond acceptors (Lipinski definition) is 4. The first-order valence-electron chi connectivity index (χ1n) is 11.8. The third-order valence-corrected chi connectivity index (χ3v) is 6.44. The van der Waals surface area contributed by atoms with Crippen LogP contribution in [0, 0.1) is 46.5 Å². The number of rotatable bonds is 6. The predicted molar refractivity (Wildman–Crippen MR) is 137 cm³/mol. The zero-order chi connectivity index (χ0) is 26.4. The Bertz CT molecular complexity index is 1360. The van der Waals surface area contributed by atoms with E-state index < -0.39 is 29.3 Å². The smallest absolute Gasteiger partial charge is 0.183 e. The summed E-state index contributed by atoms with van der Waals surface area (Å²) in [5, 5.41) is 9.62. The summed E-state index contributed by atoms with van der Waals surface area (Å²) < 4.78 is 59.6. The fourth-order valence-electron chi connectivity index (χ4n) is 3.96. The molecule has 0 saturated carbocycles. The number of nitrogens with zero attached hydrogens (tertiary/aromatic N) is 1. The van der Waals surface area contributed by atoms with Crippen molar-refractivity contribution in [2.45, 2.75) is 19.6 Å². The van der Waals surface area contributed by atoms with Crippen LogP contribution >= 0.6 is 9.24 Å². The lowest BCUT2D eigenvalue weighted by atomic mass is 10.0. The second-order valence-electron chi connectivity index (χ2n) is 8.57.